The summed E-state index contributed by atoms with van der Waals surface area (Å²) in [7, 11) is 0. The second kappa shape index (κ2) is 5.13. The van der Waals surface area contributed by atoms with Crippen molar-refractivity contribution in [1.82, 2.24) is 0 Å². The minimum absolute atomic E-state index is 0.293. The molecule has 0 N–H and O–H groups in total. The Morgan fingerprint density at radius 1 is 1.27 bits per heavy atom. The maximum absolute atomic E-state index is 12.0. The van der Waals surface area contributed by atoms with E-state index in [2.05, 4.69) is 13.8 Å². The molecule has 0 amide bonds. The van der Waals surface area contributed by atoms with Crippen molar-refractivity contribution in [2.45, 2.75) is 55.3 Å². The molecule has 1 aliphatic heterocycles. The van der Waals surface area contributed by atoms with Crippen LogP contribution in [0.1, 0.15) is 39.5 Å². The molecule has 1 saturated carbocycles. The number of hydrogen-bond donors (Lipinski definition) is 0. The van der Waals surface area contributed by atoms with Crippen molar-refractivity contribution in [3.05, 3.63) is 0 Å². The molecular formula is C12H20OS2. The molecule has 0 bridgehead atoms. The second-order valence-corrected chi connectivity index (χ2v) is 7.83. The zero-order chi connectivity index (χ0) is 10.8. The average molecular weight is 244 g/mol. The summed E-state index contributed by atoms with van der Waals surface area (Å²) in [5.41, 5.74) is 0. The van der Waals surface area contributed by atoms with E-state index in [1.54, 1.807) is 0 Å². The van der Waals surface area contributed by atoms with Gasteiger partial charge in [0.1, 0.15) is 5.78 Å². The molecule has 1 heterocycles. The fourth-order valence-corrected chi connectivity index (χ4v) is 4.97. The summed E-state index contributed by atoms with van der Waals surface area (Å²) >= 11 is 3.88. The molecule has 1 aliphatic carbocycles. The first-order chi connectivity index (χ1) is 7.16. The lowest BCUT2D eigenvalue weighted by molar-refractivity contribution is -0.119. The van der Waals surface area contributed by atoms with Gasteiger partial charge in [0.25, 0.3) is 0 Å². The SMILES string of the molecule is CC1SCC(C(=O)CC2CCC2)SC1C. The van der Waals surface area contributed by atoms with Gasteiger partial charge < -0.3 is 0 Å². The largest absolute Gasteiger partial charge is 0.298 e. The zero-order valence-electron chi connectivity index (χ0n) is 9.57. The Hall–Kier alpha value is 0.370. The zero-order valence-corrected chi connectivity index (χ0v) is 11.2. The van der Waals surface area contributed by atoms with Gasteiger partial charge >= 0.3 is 0 Å². The van der Waals surface area contributed by atoms with Gasteiger partial charge in [-0.3, -0.25) is 4.79 Å². The molecule has 86 valence electrons. The molecule has 1 saturated heterocycles. The lowest BCUT2D eigenvalue weighted by atomic mass is 9.81. The predicted molar refractivity (Wildman–Crippen MR) is 69.7 cm³/mol. The Bertz CT molecular complexity index is 238. The van der Waals surface area contributed by atoms with Crippen LogP contribution >= 0.6 is 23.5 Å². The summed E-state index contributed by atoms with van der Waals surface area (Å²) in [6, 6.07) is 0. The number of carbonyl (C=O) groups excluding carboxylic acids is 1. The van der Waals surface area contributed by atoms with Crippen LogP contribution < -0.4 is 0 Å². The van der Waals surface area contributed by atoms with E-state index in [-0.39, 0.29) is 0 Å². The molecule has 0 aromatic rings. The van der Waals surface area contributed by atoms with Crippen molar-refractivity contribution in [1.29, 1.82) is 0 Å². The highest BCUT2D eigenvalue weighted by atomic mass is 32.2. The van der Waals surface area contributed by atoms with Crippen LogP contribution in [0.25, 0.3) is 0 Å². The smallest absolute Gasteiger partial charge is 0.146 e. The molecule has 0 spiro atoms. The average Bonchev–Trinajstić information content (AvgIpc) is 2.15. The maximum atomic E-state index is 12.0. The number of thioether (sulfide) groups is 2. The number of carbonyl (C=O) groups is 1. The number of hydrogen-bond acceptors (Lipinski definition) is 3. The number of Topliss-reactive ketones (excluding diaryl/α,β-unsaturated/α-hetero) is 1. The van der Waals surface area contributed by atoms with E-state index in [9.17, 15) is 4.79 Å². The second-order valence-electron chi connectivity index (χ2n) is 4.84. The van der Waals surface area contributed by atoms with Crippen LogP contribution in [0.4, 0.5) is 0 Å². The summed E-state index contributed by atoms with van der Waals surface area (Å²) < 4.78 is 0. The number of rotatable bonds is 3. The normalized spacial score (nSPS) is 37.3. The van der Waals surface area contributed by atoms with Gasteiger partial charge in [-0.15, -0.1) is 11.8 Å². The molecule has 3 atom stereocenters. The van der Waals surface area contributed by atoms with Crippen molar-refractivity contribution in [2.24, 2.45) is 5.92 Å². The molecule has 1 nitrogen and oxygen atoms in total. The van der Waals surface area contributed by atoms with Crippen molar-refractivity contribution < 1.29 is 4.79 Å². The highest BCUT2D eigenvalue weighted by Gasteiger charge is 2.32. The fraction of sp³-hybridized carbons (Fsp3) is 0.917. The topological polar surface area (TPSA) is 17.1 Å². The Kier molecular flexibility index (Phi) is 4.05. The van der Waals surface area contributed by atoms with Gasteiger partial charge in [-0.2, -0.15) is 11.8 Å². The van der Waals surface area contributed by atoms with E-state index in [0.717, 1.165) is 18.1 Å². The minimum Gasteiger partial charge on any atom is -0.298 e. The molecule has 2 aliphatic rings. The highest BCUT2D eigenvalue weighted by molar-refractivity contribution is 8.08. The van der Waals surface area contributed by atoms with Crippen molar-refractivity contribution in [3.63, 3.8) is 0 Å². The minimum atomic E-state index is 0.293. The van der Waals surface area contributed by atoms with Crippen LogP contribution in [0.3, 0.4) is 0 Å². The van der Waals surface area contributed by atoms with E-state index in [1.807, 2.05) is 23.5 Å². The van der Waals surface area contributed by atoms with Crippen LogP contribution in [-0.2, 0) is 4.79 Å². The molecule has 0 radical (unpaired) electrons. The first kappa shape index (κ1) is 11.8. The van der Waals surface area contributed by atoms with Crippen LogP contribution in [0.5, 0.6) is 0 Å². The number of ketones is 1. The van der Waals surface area contributed by atoms with Gasteiger partial charge in [-0.05, 0) is 5.92 Å². The first-order valence-electron chi connectivity index (χ1n) is 5.96. The molecule has 0 aromatic carbocycles. The van der Waals surface area contributed by atoms with Crippen LogP contribution in [-0.4, -0.2) is 27.3 Å². The van der Waals surface area contributed by atoms with Gasteiger partial charge in [0.2, 0.25) is 0 Å². The van der Waals surface area contributed by atoms with E-state index in [4.69, 9.17) is 0 Å². The third-order valence-corrected chi connectivity index (χ3v) is 7.06. The third-order valence-electron chi connectivity index (χ3n) is 3.62. The van der Waals surface area contributed by atoms with Crippen molar-refractivity contribution in [3.8, 4) is 0 Å². The summed E-state index contributed by atoms with van der Waals surface area (Å²) in [4.78, 5) is 12.0. The Morgan fingerprint density at radius 3 is 2.53 bits per heavy atom. The van der Waals surface area contributed by atoms with Gasteiger partial charge in [0, 0.05) is 22.7 Å². The Balaban J connectivity index is 1.79. The summed E-state index contributed by atoms with van der Waals surface area (Å²) in [6.07, 6.45) is 4.79. The molecular weight excluding hydrogens is 224 g/mol. The van der Waals surface area contributed by atoms with Gasteiger partial charge in [-0.25, -0.2) is 0 Å². The van der Waals surface area contributed by atoms with Gasteiger partial charge in [0.05, 0.1) is 5.25 Å². The molecule has 0 aromatic heterocycles. The van der Waals surface area contributed by atoms with Crippen molar-refractivity contribution in [2.75, 3.05) is 5.75 Å². The Morgan fingerprint density at radius 2 is 2.00 bits per heavy atom. The monoisotopic (exact) mass is 244 g/mol. The summed E-state index contributed by atoms with van der Waals surface area (Å²) in [5, 5.41) is 1.64. The Labute approximate surface area is 101 Å². The lowest BCUT2D eigenvalue weighted by Gasteiger charge is -2.32. The van der Waals surface area contributed by atoms with Gasteiger partial charge in [0.15, 0.2) is 0 Å². The summed E-state index contributed by atoms with van der Waals surface area (Å²) in [6.45, 7) is 4.53. The van der Waals surface area contributed by atoms with E-state index < -0.39 is 0 Å². The van der Waals surface area contributed by atoms with Gasteiger partial charge in [-0.1, -0.05) is 33.1 Å². The fourth-order valence-electron chi connectivity index (χ4n) is 2.07. The summed E-state index contributed by atoms with van der Waals surface area (Å²) in [5.74, 6) is 2.30. The highest BCUT2D eigenvalue weighted by Crippen LogP contribution is 2.38. The lowest BCUT2D eigenvalue weighted by Crippen LogP contribution is -2.33. The van der Waals surface area contributed by atoms with Crippen LogP contribution in [0.15, 0.2) is 0 Å². The molecule has 15 heavy (non-hydrogen) atoms. The molecule has 2 fully saturated rings. The van der Waals surface area contributed by atoms with Crippen LogP contribution in [0.2, 0.25) is 0 Å². The molecule has 3 unspecified atom stereocenters. The van der Waals surface area contributed by atoms with Crippen molar-refractivity contribution >= 4 is 29.3 Å². The standard InChI is InChI=1S/C12H20OS2/c1-8-9(2)15-12(7-14-8)11(13)6-10-4-3-5-10/h8-10,12H,3-7H2,1-2H3. The molecule has 2 rings (SSSR count). The molecule has 3 heteroatoms. The maximum Gasteiger partial charge on any atom is 0.146 e. The third kappa shape index (κ3) is 2.94. The van der Waals surface area contributed by atoms with Crippen LogP contribution in [0, 0.1) is 5.92 Å². The van der Waals surface area contributed by atoms with E-state index in [1.165, 1.54) is 19.3 Å². The predicted octanol–water partition coefficient (Wildman–Crippen LogP) is 3.37. The van der Waals surface area contributed by atoms with E-state index in [0.29, 0.717) is 21.5 Å². The quantitative estimate of drug-likeness (QED) is 0.757. The first-order valence-corrected chi connectivity index (χ1v) is 7.95. The van der Waals surface area contributed by atoms with E-state index >= 15 is 0 Å².